The maximum Gasteiger partial charge on any atom is 0.118 e. The lowest BCUT2D eigenvalue weighted by Gasteiger charge is -2.01. The summed E-state index contributed by atoms with van der Waals surface area (Å²) in [5.74, 6) is 0.861. The van der Waals surface area contributed by atoms with Crippen LogP contribution in [-0.2, 0) is 0 Å². The van der Waals surface area contributed by atoms with Gasteiger partial charge >= 0.3 is 0 Å². The molecule has 0 fully saturated rings. The van der Waals surface area contributed by atoms with Crippen molar-refractivity contribution in [2.45, 2.75) is 0 Å². The molecule has 3 heteroatoms. The SMILES string of the molecule is COc1ccc(C2=NCC(CN)=C2)cc1. The maximum absolute atomic E-state index is 5.56. The summed E-state index contributed by atoms with van der Waals surface area (Å²) in [6.45, 7) is 1.32. The van der Waals surface area contributed by atoms with Crippen molar-refractivity contribution in [2.75, 3.05) is 20.2 Å². The van der Waals surface area contributed by atoms with Crippen molar-refractivity contribution >= 4 is 5.71 Å². The normalized spacial score (nSPS) is 14.8. The Hall–Kier alpha value is -1.61. The summed E-state index contributed by atoms with van der Waals surface area (Å²) in [5, 5.41) is 0. The molecular formula is C12H14N2O. The Labute approximate surface area is 89.3 Å². The third kappa shape index (κ3) is 2.07. The number of allylic oxidation sites excluding steroid dienone is 1. The van der Waals surface area contributed by atoms with Crippen LogP contribution < -0.4 is 10.5 Å². The Morgan fingerprint density at radius 1 is 1.33 bits per heavy atom. The number of nitrogens with two attached hydrogens (primary N) is 1. The van der Waals surface area contributed by atoms with Crippen molar-refractivity contribution in [3.63, 3.8) is 0 Å². The number of benzene rings is 1. The predicted molar refractivity (Wildman–Crippen MR) is 61.5 cm³/mol. The van der Waals surface area contributed by atoms with E-state index in [1.54, 1.807) is 7.11 Å². The molecule has 1 heterocycles. The number of ether oxygens (including phenoxy) is 1. The Balaban J connectivity index is 2.20. The summed E-state index contributed by atoms with van der Waals surface area (Å²) < 4.78 is 5.10. The minimum Gasteiger partial charge on any atom is -0.497 e. The summed E-state index contributed by atoms with van der Waals surface area (Å²) in [6, 6.07) is 7.89. The van der Waals surface area contributed by atoms with Gasteiger partial charge in [-0.3, -0.25) is 4.99 Å². The molecule has 1 aliphatic heterocycles. The molecule has 0 spiro atoms. The lowest BCUT2D eigenvalue weighted by molar-refractivity contribution is 0.415. The third-order valence-corrected chi connectivity index (χ3v) is 2.44. The molecule has 2 rings (SSSR count). The first-order valence-electron chi connectivity index (χ1n) is 4.92. The third-order valence-electron chi connectivity index (χ3n) is 2.44. The molecule has 0 aromatic heterocycles. The van der Waals surface area contributed by atoms with E-state index in [4.69, 9.17) is 10.5 Å². The summed E-state index contributed by atoms with van der Waals surface area (Å²) >= 11 is 0. The molecule has 0 aliphatic carbocycles. The van der Waals surface area contributed by atoms with Crippen molar-refractivity contribution in [1.82, 2.24) is 0 Å². The van der Waals surface area contributed by atoms with Crippen LogP contribution in [0.15, 0.2) is 40.9 Å². The summed E-state index contributed by atoms with van der Waals surface area (Å²) in [5.41, 5.74) is 8.86. The average molecular weight is 202 g/mol. The summed E-state index contributed by atoms with van der Waals surface area (Å²) in [6.07, 6.45) is 2.06. The van der Waals surface area contributed by atoms with Crippen LogP contribution in [0.5, 0.6) is 5.75 Å². The van der Waals surface area contributed by atoms with Gasteiger partial charge in [0, 0.05) is 6.54 Å². The first kappa shape index (κ1) is 9.93. The van der Waals surface area contributed by atoms with Crippen molar-refractivity contribution < 1.29 is 4.74 Å². The van der Waals surface area contributed by atoms with E-state index >= 15 is 0 Å². The smallest absolute Gasteiger partial charge is 0.118 e. The second-order valence-corrected chi connectivity index (χ2v) is 3.44. The van der Waals surface area contributed by atoms with E-state index in [2.05, 4.69) is 11.1 Å². The highest BCUT2D eigenvalue weighted by Gasteiger charge is 2.08. The fraction of sp³-hybridized carbons (Fsp3) is 0.250. The highest BCUT2D eigenvalue weighted by molar-refractivity contribution is 6.10. The van der Waals surface area contributed by atoms with Crippen molar-refractivity contribution in [3.05, 3.63) is 41.5 Å². The van der Waals surface area contributed by atoms with Crippen LogP contribution in [0, 0.1) is 0 Å². The Morgan fingerprint density at radius 2 is 2.07 bits per heavy atom. The Morgan fingerprint density at radius 3 is 2.60 bits per heavy atom. The fourth-order valence-corrected chi connectivity index (χ4v) is 1.53. The van der Waals surface area contributed by atoms with Gasteiger partial charge in [0.05, 0.1) is 19.4 Å². The Bertz CT molecular complexity index is 404. The maximum atomic E-state index is 5.56. The van der Waals surface area contributed by atoms with E-state index in [0.717, 1.165) is 23.6 Å². The molecule has 0 amide bonds. The molecule has 3 nitrogen and oxygen atoms in total. The molecule has 0 saturated carbocycles. The lowest BCUT2D eigenvalue weighted by Crippen LogP contribution is -2.03. The van der Waals surface area contributed by atoms with Gasteiger partial charge in [-0.05, 0) is 41.5 Å². The van der Waals surface area contributed by atoms with Gasteiger partial charge in [0.15, 0.2) is 0 Å². The van der Waals surface area contributed by atoms with Gasteiger partial charge in [-0.1, -0.05) is 0 Å². The number of nitrogens with zero attached hydrogens (tertiary/aromatic N) is 1. The van der Waals surface area contributed by atoms with E-state index in [1.807, 2.05) is 24.3 Å². The highest BCUT2D eigenvalue weighted by atomic mass is 16.5. The average Bonchev–Trinajstić information content (AvgIpc) is 2.78. The van der Waals surface area contributed by atoms with Crippen molar-refractivity contribution in [2.24, 2.45) is 10.7 Å². The zero-order valence-corrected chi connectivity index (χ0v) is 8.73. The zero-order valence-electron chi connectivity index (χ0n) is 8.73. The van der Waals surface area contributed by atoms with Crippen LogP contribution in [0.4, 0.5) is 0 Å². The van der Waals surface area contributed by atoms with Gasteiger partial charge in [-0.25, -0.2) is 0 Å². The van der Waals surface area contributed by atoms with Crippen molar-refractivity contribution in [1.29, 1.82) is 0 Å². The zero-order chi connectivity index (χ0) is 10.7. The Kier molecular flexibility index (Phi) is 2.83. The quantitative estimate of drug-likeness (QED) is 0.805. The number of hydrogen-bond donors (Lipinski definition) is 1. The van der Waals surface area contributed by atoms with Gasteiger partial charge in [0.1, 0.15) is 5.75 Å². The summed E-state index contributed by atoms with van der Waals surface area (Å²) in [4.78, 5) is 4.42. The molecule has 1 aliphatic rings. The van der Waals surface area contributed by atoms with Crippen LogP contribution >= 0.6 is 0 Å². The van der Waals surface area contributed by atoms with E-state index in [0.29, 0.717) is 6.54 Å². The van der Waals surface area contributed by atoms with Crippen LogP contribution in [-0.4, -0.2) is 25.9 Å². The number of methoxy groups -OCH3 is 1. The predicted octanol–water partition coefficient (Wildman–Crippen LogP) is 1.38. The highest BCUT2D eigenvalue weighted by Crippen LogP contribution is 2.15. The lowest BCUT2D eigenvalue weighted by atomic mass is 10.1. The fourth-order valence-electron chi connectivity index (χ4n) is 1.53. The monoisotopic (exact) mass is 202 g/mol. The molecule has 1 aromatic carbocycles. The van der Waals surface area contributed by atoms with E-state index < -0.39 is 0 Å². The minimum absolute atomic E-state index is 0.586. The molecule has 0 saturated heterocycles. The summed E-state index contributed by atoms with van der Waals surface area (Å²) in [7, 11) is 1.66. The van der Waals surface area contributed by atoms with E-state index in [-0.39, 0.29) is 0 Å². The van der Waals surface area contributed by atoms with Gasteiger partial charge < -0.3 is 10.5 Å². The standard InChI is InChI=1S/C12H14N2O/c1-15-11-4-2-10(3-5-11)12-6-9(7-13)8-14-12/h2-6H,7-8,13H2,1H3. The molecule has 0 atom stereocenters. The number of aliphatic imine (C=N–C) groups is 1. The second-order valence-electron chi connectivity index (χ2n) is 3.44. The van der Waals surface area contributed by atoms with E-state index in [9.17, 15) is 0 Å². The topological polar surface area (TPSA) is 47.6 Å². The number of rotatable bonds is 3. The first-order valence-corrected chi connectivity index (χ1v) is 4.92. The van der Waals surface area contributed by atoms with Crippen LogP contribution in [0.1, 0.15) is 5.56 Å². The minimum atomic E-state index is 0.586. The van der Waals surface area contributed by atoms with Crippen molar-refractivity contribution in [3.8, 4) is 5.75 Å². The molecule has 78 valence electrons. The van der Waals surface area contributed by atoms with Crippen LogP contribution in [0.3, 0.4) is 0 Å². The molecule has 0 bridgehead atoms. The first-order chi connectivity index (χ1) is 7.33. The second kappa shape index (κ2) is 4.28. The van der Waals surface area contributed by atoms with E-state index in [1.165, 1.54) is 5.57 Å². The molecule has 1 aromatic rings. The van der Waals surface area contributed by atoms with Gasteiger partial charge in [-0.15, -0.1) is 0 Å². The van der Waals surface area contributed by atoms with Gasteiger partial charge in [0.2, 0.25) is 0 Å². The number of hydrogen-bond acceptors (Lipinski definition) is 3. The van der Waals surface area contributed by atoms with Crippen LogP contribution in [0.2, 0.25) is 0 Å². The largest absolute Gasteiger partial charge is 0.497 e. The molecule has 15 heavy (non-hydrogen) atoms. The molecular weight excluding hydrogens is 188 g/mol. The molecule has 2 N–H and O–H groups in total. The molecule has 0 unspecified atom stereocenters. The van der Waals surface area contributed by atoms with Crippen LogP contribution in [0.25, 0.3) is 0 Å². The van der Waals surface area contributed by atoms with Gasteiger partial charge in [0.25, 0.3) is 0 Å². The molecule has 0 radical (unpaired) electrons. The van der Waals surface area contributed by atoms with Gasteiger partial charge in [-0.2, -0.15) is 0 Å².